The van der Waals surface area contributed by atoms with Crippen molar-refractivity contribution < 1.29 is 19.2 Å². The van der Waals surface area contributed by atoms with Crippen LogP contribution >= 0.6 is 11.6 Å². The molecule has 0 aromatic heterocycles. The molecule has 0 unspecified atom stereocenters. The molecule has 2 aromatic carbocycles. The summed E-state index contributed by atoms with van der Waals surface area (Å²) in [5, 5.41) is 17.1. The van der Waals surface area contributed by atoms with E-state index in [2.05, 4.69) is 10.6 Å². The predicted molar refractivity (Wildman–Crippen MR) is 102 cm³/mol. The van der Waals surface area contributed by atoms with Crippen LogP contribution < -0.4 is 20.1 Å². The average Bonchev–Trinajstić information content (AvgIpc) is 2.66. The van der Waals surface area contributed by atoms with Crippen molar-refractivity contribution in [2.45, 2.75) is 12.8 Å². The van der Waals surface area contributed by atoms with Crippen molar-refractivity contribution in [2.75, 3.05) is 30.4 Å². The first-order valence-electron chi connectivity index (χ1n) is 8.41. The molecule has 0 saturated carbocycles. The highest BCUT2D eigenvalue weighted by molar-refractivity contribution is 6.34. The van der Waals surface area contributed by atoms with E-state index < -0.39 is 4.92 Å². The van der Waals surface area contributed by atoms with Gasteiger partial charge in [-0.15, -0.1) is 0 Å². The molecule has 1 aliphatic heterocycles. The Hall–Kier alpha value is -3.00. The van der Waals surface area contributed by atoms with Crippen molar-refractivity contribution in [3.05, 3.63) is 51.5 Å². The second kappa shape index (κ2) is 8.59. The van der Waals surface area contributed by atoms with Crippen LogP contribution in [-0.2, 0) is 4.79 Å². The van der Waals surface area contributed by atoms with Gasteiger partial charge in [-0.1, -0.05) is 23.7 Å². The lowest BCUT2D eigenvalue weighted by atomic mass is 10.2. The van der Waals surface area contributed by atoms with Crippen LogP contribution in [0.2, 0.25) is 5.02 Å². The number of nitrogens with zero attached hydrogens (tertiary/aromatic N) is 1. The Kier molecular flexibility index (Phi) is 5.97. The maximum absolute atomic E-state index is 12.1. The summed E-state index contributed by atoms with van der Waals surface area (Å²) >= 11 is 6.17. The van der Waals surface area contributed by atoms with Gasteiger partial charge in [0.1, 0.15) is 18.9 Å². The van der Waals surface area contributed by atoms with Crippen molar-refractivity contribution in [1.82, 2.24) is 0 Å². The van der Waals surface area contributed by atoms with Gasteiger partial charge in [0.05, 0.1) is 15.6 Å². The van der Waals surface area contributed by atoms with Gasteiger partial charge in [0.15, 0.2) is 11.5 Å². The third-order valence-electron chi connectivity index (χ3n) is 3.90. The van der Waals surface area contributed by atoms with Gasteiger partial charge >= 0.3 is 0 Å². The molecule has 0 aliphatic carbocycles. The minimum Gasteiger partial charge on any atom is -0.486 e. The highest BCUT2D eigenvalue weighted by Gasteiger charge is 2.16. The maximum atomic E-state index is 12.1. The number of carbonyl (C=O) groups excluding carboxylic acids is 1. The molecule has 1 aliphatic rings. The molecule has 2 N–H and O–H groups in total. The van der Waals surface area contributed by atoms with Gasteiger partial charge in [-0.3, -0.25) is 14.9 Å². The molecule has 0 bridgehead atoms. The van der Waals surface area contributed by atoms with Gasteiger partial charge in [-0.25, -0.2) is 0 Å². The number of nitrogens with one attached hydrogen (secondary N) is 2. The maximum Gasteiger partial charge on any atom is 0.292 e. The summed E-state index contributed by atoms with van der Waals surface area (Å²) < 4.78 is 10.9. The van der Waals surface area contributed by atoms with Crippen LogP contribution in [0, 0.1) is 10.1 Å². The number of carbonyl (C=O) groups is 1. The molecular formula is C18H18ClN3O5. The molecule has 1 amide bonds. The Labute approximate surface area is 160 Å². The first-order valence-corrected chi connectivity index (χ1v) is 8.78. The fourth-order valence-electron chi connectivity index (χ4n) is 2.63. The van der Waals surface area contributed by atoms with E-state index in [0.717, 1.165) is 0 Å². The summed E-state index contributed by atoms with van der Waals surface area (Å²) in [6.07, 6.45) is 0.735. The SMILES string of the molecule is O=C(CCCNc1ccccc1[N+](=O)[O-])Nc1cc2c(cc1Cl)OCCO2. The second-order valence-electron chi connectivity index (χ2n) is 5.83. The van der Waals surface area contributed by atoms with Crippen LogP contribution in [0.4, 0.5) is 17.1 Å². The summed E-state index contributed by atoms with van der Waals surface area (Å²) in [6, 6.07) is 9.63. The van der Waals surface area contributed by atoms with Crippen molar-refractivity contribution >= 4 is 34.6 Å². The quantitative estimate of drug-likeness (QED) is 0.422. The monoisotopic (exact) mass is 391 g/mol. The molecule has 0 saturated heterocycles. The van der Waals surface area contributed by atoms with Crippen LogP contribution in [0.5, 0.6) is 11.5 Å². The normalized spacial score (nSPS) is 12.3. The van der Waals surface area contributed by atoms with E-state index in [1.807, 2.05) is 0 Å². The number of hydrogen-bond donors (Lipinski definition) is 2. The number of nitro benzene ring substituents is 1. The van der Waals surface area contributed by atoms with E-state index in [0.29, 0.717) is 54.1 Å². The highest BCUT2D eigenvalue weighted by Crippen LogP contribution is 2.38. The number of para-hydroxylation sites is 2. The topological polar surface area (TPSA) is 103 Å². The van der Waals surface area contributed by atoms with Gasteiger partial charge < -0.3 is 20.1 Å². The number of rotatable bonds is 7. The molecule has 0 spiro atoms. The smallest absolute Gasteiger partial charge is 0.292 e. The second-order valence-corrected chi connectivity index (χ2v) is 6.24. The number of ether oxygens (including phenoxy) is 2. The van der Waals surface area contributed by atoms with Gasteiger partial charge in [-0.05, 0) is 12.5 Å². The van der Waals surface area contributed by atoms with Crippen molar-refractivity contribution in [3.8, 4) is 11.5 Å². The minimum absolute atomic E-state index is 0.00464. The molecule has 3 rings (SSSR count). The average molecular weight is 392 g/mol. The fourth-order valence-corrected chi connectivity index (χ4v) is 2.83. The zero-order chi connectivity index (χ0) is 19.2. The largest absolute Gasteiger partial charge is 0.486 e. The molecule has 9 heteroatoms. The van der Waals surface area contributed by atoms with Crippen molar-refractivity contribution in [2.24, 2.45) is 0 Å². The first-order chi connectivity index (χ1) is 13.0. The van der Waals surface area contributed by atoms with Crippen LogP contribution in [0.3, 0.4) is 0 Å². The van der Waals surface area contributed by atoms with Gasteiger partial charge in [0.25, 0.3) is 5.69 Å². The summed E-state index contributed by atoms with van der Waals surface area (Å²) in [5.41, 5.74) is 0.889. The zero-order valence-corrected chi connectivity index (χ0v) is 15.1. The molecule has 142 valence electrons. The first kappa shape index (κ1) is 18.8. The van der Waals surface area contributed by atoms with Crippen LogP contribution in [0.25, 0.3) is 0 Å². The van der Waals surface area contributed by atoms with E-state index in [-0.39, 0.29) is 18.0 Å². The third kappa shape index (κ3) is 4.79. The Bertz CT molecular complexity index is 859. The van der Waals surface area contributed by atoms with Crippen molar-refractivity contribution in [3.63, 3.8) is 0 Å². The number of amides is 1. The number of halogens is 1. The summed E-state index contributed by atoms with van der Waals surface area (Å²) in [7, 11) is 0. The van der Waals surface area contributed by atoms with Crippen LogP contribution in [0.15, 0.2) is 36.4 Å². The van der Waals surface area contributed by atoms with E-state index in [9.17, 15) is 14.9 Å². The number of anilines is 2. The minimum atomic E-state index is -0.446. The highest BCUT2D eigenvalue weighted by atomic mass is 35.5. The predicted octanol–water partition coefficient (Wildman–Crippen LogP) is 3.85. The van der Waals surface area contributed by atoms with Gasteiger partial charge in [-0.2, -0.15) is 0 Å². The third-order valence-corrected chi connectivity index (χ3v) is 4.22. The molecule has 0 atom stereocenters. The Morgan fingerprint density at radius 1 is 1.15 bits per heavy atom. The van der Waals surface area contributed by atoms with E-state index in [4.69, 9.17) is 21.1 Å². The molecular weight excluding hydrogens is 374 g/mol. The Morgan fingerprint density at radius 3 is 2.59 bits per heavy atom. The van der Waals surface area contributed by atoms with Crippen molar-refractivity contribution in [1.29, 1.82) is 0 Å². The summed E-state index contributed by atoms with van der Waals surface area (Å²) in [6.45, 7) is 1.33. The zero-order valence-electron chi connectivity index (χ0n) is 14.4. The molecule has 27 heavy (non-hydrogen) atoms. The van der Waals surface area contributed by atoms with Gasteiger partial charge in [0, 0.05) is 31.2 Å². The van der Waals surface area contributed by atoms with E-state index >= 15 is 0 Å². The van der Waals surface area contributed by atoms with Crippen LogP contribution in [0.1, 0.15) is 12.8 Å². The van der Waals surface area contributed by atoms with Crippen LogP contribution in [-0.4, -0.2) is 30.6 Å². The number of benzene rings is 2. The lowest BCUT2D eigenvalue weighted by Crippen LogP contribution is -2.17. The fraction of sp³-hybridized carbons (Fsp3) is 0.278. The number of nitro groups is 1. The van der Waals surface area contributed by atoms with Gasteiger partial charge in [0.2, 0.25) is 5.91 Å². The molecule has 2 aromatic rings. The Balaban J connectivity index is 1.50. The Morgan fingerprint density at radius 2 is 1.85 bits per heavy atom. The number of hydrogen-bond acceptors (Lipinski definition) is 6. The van der Waals surface area contributed by atoms with E-state index in [1.165, 1.54) is 6.07 Å². The van der Waals surface area contributed by atoms with E-state index in [1.54, 1.807) is 30.3 Å². The molecule has 0 radical (unpaired) electrons. The number of fused-ring (bicyclic) bond motifs is 1. The summed E-state index contributed by atoms with van der Waals surface area (Å²) in [5.74, 6) is 0.884. The summed E-state index contributed by atoms with van der Waals surface area (Å²) in [4.78, 5) is 22.7. The standard InChI is InChI=1S/C18H18ClN3O5/c19-12-10-16-17(27-9-8-26-16)11-14(12)21-18(23)6-3-7-20-13-4-1-2-5-15(13)22(24)25/h1-2,4-5,10-11,20H,3,6-9H2,(H,21,23). The molecule has 0 fully saturated rings. The molecule has 8 nitrogen and oxygen atoms in total. The lowest BCUT2D eigenvalue weighted by Gasteiger charge is -2.20. The lowest BCUT2D eigenvalue weighted by molar-refractivity contribution is -0.384. The molecule has 1 heterocycles.